The van der Waals surface area contributed by atoms with Crippen LogP contribution in [0.4, 0.5) is 0 Å². The van der Waals surface area contributed by atoms with E-state index < -0.39 is 5.60 Å². The van der Waals surface area contributed by atoms with Gasteiger partial charge in [0, 0.05) is 25.8 Å². The summed E-state index contributed by atoms with van der Waals surface area (Å²) in [6.45, 7) is 3.78. The number of hydrogen-bond donors (Lipinski definition) is 1. The lowest BCUT2D eigenvalue weighted by Crippen LogP contribution is -2.47. The fourth-order valence-corrected chi connectivity index (χ4v) is 3.91. The number of rotatable bonds is 2. The van der Waals surface area contributed by atoms with Crippen molar-refractivity contribution in [2.24, 2.45) is 0 Å². The van der Waals surface area contributed by atoms with E-state index in [-0.39, 0.29) is 11.8 Å². The number of hydrogen-bond acceptors (Lipinski definition) is 6. The molecule has 8 heteroatoms. The Morgan fingerprint density at radius 3 is 2.77 bits per heavy atom. The highest BCUT2D eigenvalue weighted by Gasteiger charge is 2.39. The first kappa shape index (κ1) is 17.1. The van der Waals surface area contributed by atoms with Crippen LogP contribution in [0.1, 0.15) is 55.1 Å². The smallest absolute Gasteiger partial charge is 0.233 e. The van der Waals surface area contributed by atoms with Gasteiger partial charge in [-0.1, -0.05) is 12.5 Å². The van der Waals surface area contributed by atoms with Crippen LogP contribution < -0.4 is 0 Å². The second-order valence-corrected chi connectivity index (χ2v) is 7.39. The molecule has 2 aromatic rings. The number of tetrazole rings is 1. The first-order valence-corrected chi connectivity index (χ1v) is 9.27. The Morgan fingerprint density at radius 2 is 2.04 bits per heavy atom. The van der Waals surface area contributed by atoms with Gasteiger partial charge in [-0.25, -0.2) is 4.68 Å². The topological polar surface area (TPSA) is 97.0 Å². The number of pyridine rings is 1. The van der Waals surface area contributed by atoms with Crippen molar-refractivity contribution in [3.8, 4) is 0 Å². The summed E-state index contributed by atoms with van der Waals surface area (Å²) < 4.78 is 1.76. The van der Waals surface area contributed by atoms with E-state index >= 15 is 0 Å². The largest absolute Gasteiger partial charge is 0.383 e. The summed E-state index contributed by atoms with van der Waals surface area (Å²) in [7, 11) is 0. The Bertz CT molecular complexity index is 779. The van der Waals surface area contributed by atoms with Gasteiger partial charge in [-0.05, 0) is 54.7 Å². The second-order valence-electron chi connectivity index (χ2n) is 7.39. The molecule has 4 heterocycles. The lowest BCUT2D eigenvalue weighted by atomic mass is 9.87. The number of nitrogens with zero attached hydrogens (tertiary/aromatic N) is 6. The van der Waals surface area contributed by atoms with Crippen molar-refractivity contribution >= 4 is 5.91 Å². The van der Waals surface area contributed by atoms with Gasteiger partial charge in [0.2, 0.25) is 5.91 Å². The molecule has 0 spiro atoms. The van der Waals surface area contributed by atoms with Crippen molar-refractivity contribution in [2.45, 2.75) is 57.1 Å². The van der Waals surface area contributed by atoms with Crippen LogP contribution in [0.2, 0.25) is 0 Å². The van der Waals surface area contributed by atoms with Crippen LogP contribution in [0.15, 0.2) is 18.3 Å². The van der Waals surface area contributed by atoms with E-state index in [1.807, 2.05) is 24.0 Å². The molecule has 0 bridgehead atoms. The van der Waals surface area contributed by atoms with Gasteiger partial charge in [0.25, 0.3) is 0 Å². The average molecular weight is 356 g/mol. The zero-order valence-corrected chi connectivity index (χ0v) is 15.0. The molecule has 1 atom stereocenters. The predicted octanol–water partition coefficient (Wildman–Crippen LogP) is 1.15. The molecule has 1 amide bonds. The third-order valence-corrected chi connectivity index (χ3v) is 5.57. The normalized spacial score (nSPS) is 22.5. The molecule has 1 N–H and O–H groups in total. The standard InChI is InChI=1S/C18H24N6O2/c1-13-5-6-15(19-12-13)18(26)7-10-23(11-8-18)17(25)14-4-2-3-9-24-16(14)20-21-22-24/h5-6,12,14,26H,2-4,7-11H2,1H3. The van der Waals surface area contributed by atoms with Gasteiger partial charge in [-0.15, -0.1) is 5.10 Å². The molecule has 2 aliphatic rings. The minimum absolute atomic E-state index is 0.0712. The molecule has 0 saturated carbocycles. The third kappa shape index (κ3) is 3.09. The van der Waals surface area contributed by atoms with Gasteiger partial charge in [0.15, 0.2) is 5.82 Å². The van der Waals surface area contributed by atoms with Gasteiger partial charge in [0.05, 0.1) is 11.6 Å². The van der Waals surface area contributed by atoms with Gasteiger partial charge in [-0.3, -0.25) is 9.78 Å². The van der Waals surface area contributed by atoms with E-state index in [0.717, 1.165) is 31.4 Å². The summed E-state index contributed by atoms with van der Waals surface area (Å²) >= 11 is 0. The maximum atomic E-state index is 13.1. The molecular formula is C18H24N6O2. The van der Waals surface area contributed by atoms with Gasteiger partial charge in [0.1, 0.15) is 5.60 Å². The molecule has 1 saturated heterocycles. The van der Waals surface area contributed by atoms with E-state index in [1.165, 1.54) is 0 Å². The van der Waals surface area contributed by atoms with Crippen molar-refractivity contribution in [3.05, 3.63) is 35.4 Å². The van der Waals surface area contributed by atoms with E-state index in [1.54, 1.807) is 10.9 Å². The van der Waals surface area contributed by atoms with Crippen LogP contribution in [0.25, 0.3) is 0 Å². The minimum Gasteiger partial charge on any atom is -0.383 e. The molecule has 0 aliphatic carbocycles. The quantitative estimate of drug-likeness (QED) is 0.867. The number of carbonyl (C=O) groups excluding carboxylic acids is 1. The minimum atomic E-state index is -0.963. The van der Waals surface area contributed by atoms with Crippen molar-refractivity contribution < 1.29 is 9.90 Å². The van der Waals surface area contributed by atoms with Gasteiger partial charge < -0.3 is 10.0 Å². The molecule has 2 aliphatic heterocycles. The Balaban J connectivity index is 1.46. The molecule has 8 nitrogen and oxygen atoms in total. The lowest BCUT2D eigenvalue weighted by molar-refractivity contribution is -0.138. The molecule has 26 heavy (non-hydrogen) atoms. The predicted molar refractivity (Wildman–Crippen MR) is 93.1 cm³/mol. The van der Waals surface area contributed by atoms with Gasteiger partial charge >= 0.3 is 0 Å². The highest BCUT2D eigenvalue weighted by atomic mass is 16.3. The zero-order chi connectivity index (χ0) is 18.1. The molecule has 1 unspecified atom stereocenters. The van der Waals surface area contributed by atoms with Crippen molar-refractivity contribution in [3.63, 3.8) is 0 Å². The third-order valence-electron chi connectivity index (χ3n) is 5.57. The number of likely N-dealkylation sites (tertiary alicyclic amines) is 1. The van der Waals surface area contributed by atoms with E-state index in [2.05, 4.69) is 20.5 Å². The molecule has 0 aromatic carbocycles. The van der Waals surface area contributed by atoms with Crippen LogP contribution in [0.3, 0.4) is 0 Å². The van der Waals surface area contributed by atoms with Crippen LogP contribution >= 0.6 is 0 Å². The highest BCUT2D eigenvalue weighted by Crippen LogP contribution is 2.34. The van der Waals surface area contributed by atoms with Crippen molar-refractivity contribution in [1.82, 2.24) is 30.1 Å². The van der Waals surface area contributed by atoms with Crippen molar-refractivity contribution in [1.29, 1.82) is 0 Å². The Morgan fingerprint density at radius 1 is 1.23 bits per heavy atom. The zero-order valence-electron chi connectivity index (χ0n) is 15.0. The van der Waals surface area contributed by atoms with Crippen molar-refractivity contribution in [2.75, 3.05) is 13.1 Å². The molecule has 4 rings (SSSR count). The van der Waals surface area contributed by atoms with E-state index in [4.69, 9.17) is 0 Å². The molecule has 1 fully saturated rings. The summed E-state index contributed by atoms with van der Waals surface area (Å²) in [6, 6.07) is 3.84. The number of piperidine rings is 1. The average Bonchev–Trinajstić information content (AvgIpc) is 3.02. The Labute approximate surface area is 152 Å². The maximum Gasteiger partial charge on any atom is 0.233 e. The van der Waals surface area contributed by atoms with Crippen LogP contribution in [-0.2, 0) is 16.9 Å². The van der Waals surface area contributed by atoms with E-state index in [0.29, 0.717) is 37.4 Å². The number of aliphatic hydroxyl groups is 1. The van der Waals surface area contributed by atoms with Crippen LogP contribution in [0.5, 0.6) is 0 Å². The molecule has 0 radical (unpaired) electrons. The van der Waals surface area contributed by atoms with Crippen LogP contribution in [-0.4, -0.2) is 54.2 Å². The summed E-state index contributed by atoms with van der Waals surface area (Å²) in [4.78, 5) is 19.3. The summed E-state index contributed by atoms with van der Waals surface area (Å²) in [6.07, 6.45) is 5.50. The summed E-state index contributed by atoms with van der Waals surface area (Å²) in [5, 5.41) is 22.8. The summed E-state index contributed by atoms with van der Waals surface area (Å²) in [5.41, 5.74) is 0.792. The first-order chi connectivity index (χ1) is 12.6. The number of fused-ring (bicyclic) bond motifs is 1. The molecular weight excluding hydrogens is 332 g/mol. The number of carbonyl (C=O) groups is 1. The Hall–Kier alpha value is -2.35. The first-order valence-electron chi connectivity index (χ1n) is 9.27. The number of aromatic nitrogens is 5. The Kier molecular flexibility index (Phi) is 4.44. The highest BCUT2D eigenvalue weighted by molar-refractivity contribution is 5.83. The van der Waals surface area contributed by atoms with Crippen LogP contribution in [0, 0.1) is 6.92 Å². The second kappa shape index (κ2) is 6.75. The monoisotopic (exact) mass is 356 g/mol. The molecule has 2 aromatic heterocycles. The number of aryl methyl sites for hydroxylation is 2. The van der Waals surface area contributed by atoms with Gasteiger partial charge in [-0.2, -0.15) is 0 Å². The number of amides is 1. The lowest BCUT2D eigenvalue weighted by Gasteiger charge is -2.38. The SMILES string of the molecule is Cc1ccc(C2(O)CCN(C(=O)C3CCCCn4nnnc43)CC2)nc1. The fourth-order valence-electron chi connectivity index (χ4n) is 3.91. The maximum absolute atomic E-state index is 13.1. The van der Waals surface area contributed by atoms with E-state index in [9.17, 15) is 9.90 Å². The fraction of sp³-hybridized carbons (Fsp3) is 0.611. The summed E-state index contributed by atoms with van der Waals surface area (Å²) in [5.74, 6) is 0.464. The molecule has 138 valence electrons.